The molecule has 1 aliphatic rings. The van der Waals surface area contributed by atoms with Gasteiger partial charge in [0.1, 0.15) is 5.75 Å². The topological polar surface area (TPSA) is 60.0 Å². The van der Waals surface area contributed by atoms with Crippen LogP contribution in [0.15, 0.2) is 30.3 Å². The molecule has 0 fully saturated rings. The normalized spacial score (nSPS) is 16.5. The van der Waals surface area contributed by atoms with E-state index in [1.807, 2.05) is 18.2 Å². The summed E-state index contributed by atoms with van der Waals surface area (Å²) >= 11 is 0. The standard InChI is InChI=1S/C21H23NO4/c1-24-13-4-5-14-16(7-13)18-9-21(26-3)20(25-2)8-17(18)15-6-12(11-23)22-10-19(14)15/h4-5,7-9,12,22-23H,6,10-11H2,1-3H3/t12-/m1/s1. The molecule has 0 bridgehead atoms. The zero-order chi connectivity index (χ0) is 18.3. The summed E-state index contributed by atoms with van der Waals surface area (Å²) in [5.41, 5.74) is 2.53. The lowest BCUT2D eigenvalue weighted by Crippen LogP contribution is -2.38. The SMILES string of the molecule is COc1ccc2c3c(c4cc(OC)c(OC)cc4c2c1)C[C@H](CO)NC3. The van der Waals surface area contributed by atoms with Crippen LogP contribution in [0, 0.1) is 0 Å². The molecule has 3 aromatic carbocycles. The van der Waals surface area contributed by atoms with E-state index in [9.17, 15) is 5.11 Å². The van der Waals surface area contributed by atoms with Gasteiger partial charge in [-0.05, 0) is 63.4 Å². The Hall–Kier alpha value is -2.50. The first kappa shape index (κ1) is 16.9. The van der Waals surface area contributed by atoms with Gasteiger partial charge in [-0.15, -0.1) is 0 Å². The van der Waals surface area contributed by atoms with Gasteiger partial charge in [-0.2, -0.15) is 0 Å². The van der Waals surface area contributed by atoms with Gasteiger partial charge in [-0.1, -0.05) is 6.07 Å². The van der Waals surface area contributed by atoms with Crippen LogP contribution in [0.2, 0.25) is 0 Å². The number of ether oxygens (including phenoxy) is 3. The van der Waals surface area contributed by atoms with Crippen molar-refractivity contribution in [2.45, 2.75) is 19.0 Å². The number of methoxy groups -OCH3 is 3. The van der Waals surface area contributed by atoms with Crippen LogP contribution in [0.3, 0.4) is 0 Å². The second-order valence-electron chi connectivity index (χ2n) is 6.59. The molecule has 0 aromatic heterocycles. The van der Waals surface area contributed by atoms with E-state index >= 15 is 0 Å². The highest BCUT2D eigenvalue weighted by molar-refractivity contribution is 6.12. The Morgan fingerprint density at radius 3 is 2.23 bits per heavy atom. The predicted octanol–water partition coefficient (Wildman–Crippen LogP) is 3.03. The van der Waals surface area contributed by atoms with Crippen LogP contribution in [0.1, 0.15) is 11.1 Å². The maximum absolute atomic E-state index is 9.63. The number of aliphatic hydroxyl groups is 1. The molecule has 4 rings (SSSR count). The average molecular weight is 353 g/mol. The smallest absolute Gasteiger partial charge is 0.161 e. The van der Waals surface area contributed by atoms with Crippen LogP contribution in [-0.4, -0.2) is 39.1 Å². The third-order valence-corrected chi connectivity index (χ3v) is 5.29. The Bertz CT molecular complexity index is 983. The number of aliphatic hydroxyl groups excluding tert-OH is 1. The highest BCUT2D eigenvalue weighted by Gasteiger charge is 2.24. The molecule has 1 atom stereocenters. The van der Waals surface area contributed by atoms with Crippen molar-refractivity contribution in [2.75, 3.05) is 27.9 Å². The molecule has 3 aromatic rings. The summed E-state index contributed by atoms with van der Waals surface area (Å²) < 4.78 is 16.5. The summed E-state index contributed by atoms with van der Waals surface area (Å²) in [6.07, 6.45) is 0.778. The van der Waals surface area contributed by atoms with Gasteiger partial charge in [-0.25, -0.2) is 0 Å². The molecule has 0 saturated heterocycles. The first-order chi connectivity index (χ1) is 12.7. The van der Waals surface area contributed by atoms with Crippen LogP contribution < -0.4 is 19.5 Å². The molecule has 5 nitrogen and oxygen atoms in total. The van der Waals surface area contributed by atoms with Crippen LogP contribution in [0.25, 0.3) is 21.5 Å². The fourth-order valence-corrected chi connectivity index (χ4v) is 3.94. The monoisotopic (exact) mass is 353 g/mol. The Kier molecular flexibility index (Phi) is 4.34. The minimum absolute atomic E-state index is 0.0643. The number of hydrogen-bond donors (Lipinski definition) is 2. The number of rotatable bonds is 4. The van der Waals surface area contributed by atoms with Crippen molar-refractivity contribution in [1.82, 2.24) is 5.32 Å². The van der Waals surface area contributed by atoms with Gasteiger partial charge in [0.15, 0.2) is 11.5 Å². The van der Waals surface area contributed by atoms with Crippen molar-refractivity contribution >= 4 is 21.5 Å². The summed E-state index contributed by atoms with van der Waals surface area (Å²) in [4.78, 5) is 0. The molecule has 0 unspecified atom stereocenters. The zero-order valence-corrected chi connectivity index (χ0v) is 15.3. The Morgan fingerprint density at radius 1 is 0.885 bits per heavy atom. The number of fused-ring (bicyclic) bond motifs is 6. The molecule has 0 amide bonds. The third-order valence-electron chi connectivity index (χ3n) is 5.29. The highest BCUT2D eigenvalue weighted by atomic mass is 16.5. The van der Waals surface area contributed by atoms with Crippen molar-refractivity contribution in [1.29, 1.82) is 0 Å². The Labute approximate surface area is 152 Å². The fraction of sp³-hybridized carbons (Fsp3) is 0.333. The van der Waals surface area contributed by atoms with Crippen LogP contribution >= 0.6 is 0 Å². The van der Waals surface area contributed by atoms with Gasteiger partial charge in [0, 0.05) is 12.6 Å². The first-order valence-corrected chi connectivity index (χ1v) is 8.71. The van der Waals surface area contributed by atoms with E-state index in [0.717, 1.165) is 34.9 Å². The van der Waals surface area contributed by atoms with E-state index < -0.39 is 0 Å². The minimum atomic E-state index is 0.0643. The van der Waals surface area contributed by atoms with Crippen molar-refractivity contribution in [3.05, 3.63) is 41.5 Å². The Balaban J connectivity index is 2.12. The molecule has 0 radical (unpaired) electrons. The molecule has 26 heavy (non-hydrogen) atoms. The molecular weight excluding hydrogens is 330 g/mol. The van der Waals surface area contributed by atoms with Crippen LogP contribution in [0.4, 0.5) is 0 Å². The second-order valence-corrected chi connectivity index (χ2v) is 6.59. The number of hydrogen-bond acceptors (Lipinski definition) is 5. The molecule has 1 aliphatic heterocycles. The maximum Gasteiger partial charge on any atom is 0.161 e. The van der Waals surface area contributed by atoms with E-state index in [4.69, 9.17) is 14.2 Å². The van der Waals surface area contributed by atoms with E-state index in [-0.39, 0.29) is 12.6 Å². The van der Waals surface area contributed by atoms with Crippen molar-refractivity contribution in [3.8, 4) is 17.2 Å². The van der Waals surface area contributed by atoms with Gasteiger partial charge >= 0.3 is 0 Å². The van der Waals surface area contributed by atoms with Crippen molar-refractivity contribution in [2.24, 2.45) is 0 Å². The fourth-order valence-electron chi connectivity index (χ4n) is 3.94. The molecule has 136 valence electrons. The third kappa shape index (κ3) is 2.55. The number of benzene rings is 3. The Morgan fingerprint density at radius 2 is 1.58 bits per heavy atom. The van der Waals surface area contributed by atoms with Gasteiger partial charge in [0.05, 0.1) is 27.9 Å². The average Bonchev–Trinajstić information content (AvgIpc) is 2.71. The van der Waals surface area contributed by atoms with Gasteiger partial charge in [0.2, 0.25) is 0 Å². The lowest BCUT2D eigenvalue weighted by atomic mass is 9.86. The predicted molar refractivity (Wildman–Crippen MR) is 103 cm³/mol. The molecule has 0 aliphatic carbocycles. The molecule has 1 heterocycles. The first-order valence-electron chi connectivity index (χ1n) is 8.71. The number of nitrogens with one attached hydrogen (secondary N) is 1. The lowest BCUT2D eigenvalue weighted by Gasteiger charge is -2.28. The molecular formula is C21H23NO4. The summed E-state index contributed by atoms with van der Waals surface area (Å²) in [5, 5.41) is 17.6. The van der Waals surface area contributed by atoms with E-state index in [0.29, 0.717) is 11.5 Å². The van der Waals surface area contributed by atoms with E-state index in [1.165, 1.54) is 16.5 Å². The summed E-state index contributed by atoms with van der Waals surface area (Å²) in [6.45, 7) is 0.850. The zero-order valence-electron chi connectivity index (χ0n) is 15.3. The molecule has 5 heteroatoms. The van der Waals surface area contributed by atoms with Crippen molar-refractivity contribution in [3.63, 3.8) is 0 Å². The van der Waals surface area contributed by atoms with Gasteiger partial charge < -0.3 is 24.6 Å². The van der Waals surface area contributed by atoms with Crippen LogP contribution in [-0.2, 0) is 13.0 Å². The van der Waals surface area contributed by atoms with Gasteiger partial charge in [-0.3, -0.25) is 0 Å². The summed E-state index contributed by atoms with van der Waals surface area (Å²) in [5.74, 6) is 2.24. The largest absolute Gasteiger partial charge is 0.497 e. The molecule has 0 saturated carbocycles. The maximum atomic E-state index is 9.63. The quantitative estimate of drug-likeness (QED) is 0.706. The minimum Gasteiger partial charge on any atom is -0.497 e. The van der Waals surface area contributed by atoms with E-state index in [1.54, 1.807) is 21.3 Å². The van der Waals surface area contributed by atoms with Crippen molar-refractivity contribution < 1.29 is 19.3 Å². The molecule has 0 spiro atoms. The van der Waals surface area contributed by atoms with Crippen LogP contribution in [0.5, 0.6) is 17.2 Å². The van der Waals surface area contributed by atoms with E-state index in [2.05, 4.69) is 17.4 Å². The summed E-state index contributed by atoms with van der Waals surface area (Å²) in [6, 6.07) is 10.3. The second kappa shape index (κ2) is 6.67. The lowest BCUT2D eigenvalue weighted by molar-refractivity contribution is 0.236. The molecule has 2 N–H and O–H groups in total. The highest BCUT2D eigenvalue weighted by Crippen LogP contribution is 2.41. The summed E-state index contributed by atoms with van der Waals surface area (Å²) in [7, 11) is 4.98. The van der Waals surface area contributed by atoms with Gasteiger partial charge in [0.25, 0.3) is 0 Å².